The van der Waals surface area contributed by atoms with E-state index in [1.165, 1.54) is 12.4 Å². The molecule has 0 amide bonds. The zero-order chi connectivity index (χ0) is 21.6. The summed E-state index contributed by atoms with van der Waals surface area (Å²) in [5.74, 6) is 2.56. The molecule has 0 radical (unpaired) electrons. The minimum Gasteiger partial charge on any atom is -0.462 e. The summed E-state index contributed by atoms with van der Waals surface area (Å²) in [6.45, 7) is 6.25. The summed E-state index contributed by atoms with van der Waals surface area (Å²) in [5.41, 5.74) is 2.51. The maximum Gasteiger partial charge on any atom is 0.341 e. The van der Waals surface area contributed by atoms with Crippen LogP contribution in [0.25, 0.3) is 11.3 Å². The number of halogens is 1. The Kier molecular flexibility index (Phi) is 6.84. The van der Waals surface area contributed by atoms with E-state index in [0.29, 0.717) is 24.0 Å². The maximum absolute atomic E-state index is 11.7. The Bertz CT molecular complexity index is 996. The number of esters is 1. The smallest absolute Gasteiger partial charge is 0.341 e. The van der Waals surface area contributed by atoms with Gasteiger partial charge in [-0.3, -0.25) is 4.90 Å². The van der Waals surface area contributed by atoms with Crippen molar-refractivity contribution in [2.45, 2.75) is 19.3 Å². The van der Waals surface area contributed by atoms with E-state index in [1.54, 1.807) is 6.92 Å². The summed E-state index contributed by atoms with van der Waals surface area (Å²) in [7, 11) is 0. The van der Waals surface area contributed by atoms with E-state index < -0.39 is 5.97 Å². The van der Waals surface area contributed by atoms with E-state index in [1.807, 2.05) is 36.4 Å². The van der Waals surface area contributed by atoms with Gasteiger partial charge >= 0.3 is 5.97 Å². The van der Waals surface area contributed by atoms with Gasteiger partial charge in [0.2, 0.25) is 5.95 Å². The summed E-state index contributed by atoms with van der Waals surface area (Å²) in [5, 5.41) is 0. The number of anilines is 1. The van der Waals surface area contributed by atoms with Gasteiger partial charge in [-0.1, -0.05) is 24.3 Å². The predicted octanol–water partition coefficient (Wildman–Crippen LogP) is 3.97. The number of benzene rings is 1. The number of rotatable bonds is 7. The minimum atomic E-state index is -0.397. The third kappa shape index (κ3) is 5.24. The van der Waals surface area contributed by atoms with Crippen LogP contribution in [0.5, 0.6) is 0 Å². The summed E-state index contributed by atoms with van der Waals surface area (Å²) >= 11 is 5.86. The molecule has 1 aliphatic heterocycles. The van der Waals surface area contributed by atoms with Crippen LogP contribution in [0, 0.1) is 0 Å². The highest BCUT2D eigenvalue weighted by Gasteiger charge is 2.20. The molecule has 0 atom stereocenters. The zero-order valence-electron chi connectivity index (χ0n) is 17.5. The van der Waals surface area contributed by atoms with Crippen molar-refractivity contribution in [2.24, 2.45) is 0 Å². The number of hydrogen-bond acceptors (Lipinski definition) is 7. The van der Waals surface area contributed by atoms with Crippen LogP contribution in [0.4, 0.5) is 5.95 Å². The monoisotopic (exact) mass is 440 g/mol. The van der Waals surface area contributed by atoms with Gasteiger partial charge in [-0.05, 0) is 24.6 Å². The van der Waals surface area contributed by atoms with Gasteiger partial charge in [-0.2, -0.15) is 0 Å². The number of carbonyl (C=O) groups is 1. The molecular formula is C23H25ClN4O3. The first-order valence-corrected chi connectivity index (χ1v) is 10.9. The van der Waals surface area contributed by atoms with Crippen LogP contribution in [0.15, 0.2) is 53.2 Å². The van der Waals surface area contributed by atoms with E-state index in [-0.39, 0.29) is 0 Å². The Morgan fingerprint density at radius 1 is 1.06 bits per heavy atom. The number of ether oxygens (including phenoxy) is 1. The van der Waals surface area contributed by atoms with Crippen LogP contribution < -0.4 is 4.90 Å². The normalized spacial score (nSPS) is 14.6. The lowest BCUT2D eigenvalue weighted by molar-refractivity contribution is 0.0525. The molecule has 0 bridgehead atoms. The van der Waals surface area contributed by atoms with Crippen molar-refractivity contribution in [1.82, 2.24) is 14.9 Å². The van der Waals surface area contributed by atoms with Crippen LogP contribution in [-0.4, -0.2) is 53.6 Å². The van der Waals surface area contributed by atoms with Crippen LogP contribution in [-0.2, 0) is 17.2 Å². The van der Waals surface area contributed by atoms with Gasteiger partial charge in [-0.15, -0.1) is 11.6 Å². The molecule has 31 heavy (non-hydrogen) atoms. The molecule has 8 heteroatoms. The molecule has 4 rings (SSSR count). The lowest BCUT2D eigenvalue weighted by atomic mass is 10.1. The standard InChI is InChI=1S/C23H25ClN4O3/c1-2-30-22(29)19-14-25-23(26-15-19)28-11-9-27(10-12-28)16-20-7-8-21(31-20)18-5-3-17(13-24)4-6-18/h3-8,14-15H,2,9-13,16H2,1H3. The second kappa shape index (κ2) is 9.94. The van der Waals surface area contributed by atoms with Gasteiger partial charge in [0.1, 0.15) is 11.5 Å². The summed E-state index contributed by atoms with van der Waals surface area (Å²) in [4.78, 5) is 24.9. The Labute approximate surface area is 186 Å². The Morgan fingerprint density at radius 2 is 1.77 bits per heavy atom. The number of aromatic nitrogens is 2. The number of carbonyl (C=O) groups excluding carboxylic acids is 1. The molecule has 1 fully saturated rings. The van der Waals surface area contributed by atoms with Gasteiger partial charge in [-0.25, -0.2) is 14.8 Å². The highest BCUT2D eigenvalue weighted by Crippen LogP contribution is 2.24. The van der Waals surface area contributed by atoms with Gasteiger partial charge in [0.05, 0.1) is 18.7 Å². The molecule has 1 saturated heterocycles. The van der Waals surface area contributed by atoms with Crippen LogP contribution in [0.3, 0.4) is 0 Å². The zero-order valence-corrected chi connectivity index (χ0v) is 18.2. The van der Waals surface area contributed by atoms with Gasteiger partial charge in [0.25, 0.3) is 0 Å². The first-order chi connectivity index (χ1) is 15.2. The Morgan fingerprint density at radius 3 is 2.42 bits per heavy atom. The largest absolute Gasteiger partial charge is 0.462 e. The second-order valence-electron chi connectivity index (χ2n) is 7.35. The lowest BCUT2D eigenvalue weighted by Crippen LogP contribution is -2.46. The quantitative estimate of drug-likeness (QED) is 0.406. The Hall–Kier alpha value is -2.90. The molecule has 7 nitrogen and oxygen atoms in total. The van der Waals surface area contributed by atoms with Crippen molar-refractivity contribution in [3.8, 4) is 11.3 Å². The van der Waals surface area contributed by atoms with Crippen molar-refractivity contribution in [3.05, 3.63) is 65.7 Å². The van der Waals surface area contributed by atoms with Crippen LogP contribution >= 0.6 is 11.6 Å². The third-order valence-corrected chi connectivity index (χ3v) is 5.55. The SMILES string of the molecule is CCOC(=O)c1cnc(N2CCN(Cc3ccc(-c4ccc(CCl)cc4)o3)CC2)nc1. The fraction of sp³-hybridized carbons (Fsp3) is 0.348. The van der Waals surface area contributed by atoms with Crippen molar-refractivity contribution < 1.29 is 13.9 Å². The molecule has 3 heterocycles. The molecule has 162 valence electrons. The molecule has 1 aromatic carbocycles. The molecule has 0 aliphatic carbocycles. The summed E-state index contributed by atoms with van der Waals surface area (Å²) in [6, 6.07) is 12.2. The Balaban J connectivity index is 1.30. The molecule has 1 aliphatic rings. The van der Waals surface area contributed by atoms with Gasteiger partial charge in [0.15, 0.2) is 0 Å². The van der Waals surface area contributed by atoms with Crippen molar-refractivity contribution >= 4 is 23.5 Å². The summed E-state index contributed by atoms with van der Waals surface area (Å²) < 4.78 is 11.0. The molecule has 0 saturated carbocycles. The number of furan rings is 1. The third-order valence-electron chi connectivity index (χ3n) is 5.24. The van der Waals surface area contributed by atoms with E-state index in [0.717, 1.165) is 55.4 Å². The fourth-order valence-corrected chi connectivity index (χ4v) is 3.69. The van der Waals surface area contributed by atoms with Gasteiger partial charge in [0, 0.05) is 50.0 Å². The van der Waals surface area contributed by atoms with E-state index in [2.05, 4.69) is 19.8 Å². The average molecular weight is 441 g/mol. The molecule has 2 aromatic heterocycles. The lowest BCUT2D eigenvalue weighted by Gasteiger charge is -2.34. The highest BCUT2D eigenvalue weighted by atomic mass is 35.5. The van der Waals surface area contributed by atoms with E-state index in [9.17, 15) is 4.79 Å². The number of nitrogens with zero attached hydrogens (tertiary/aromatic N) is 4. The minimum absolute atomic E-state index is 0.333. The highest BCUT2D eigenvalue weighted by molar-refractivity contribution is 6.17. The summed E-state index contributed by atoms with van der Waals surface area (Å²) in [6.07, 6.45) is 3.05. The maximum atomic E-state index is 11.7. The van der Waals surface area contributed by atoms with Crippen LogP contribution in [0.2, 0.25) is 0 Å². The van der Waals surface area contributed by atoms with Crippen molar-refractivity contribution in [1.29, 1.82) is 0 Å². The molecular weight excluding hydrogens is 416 g/mol. The number of alkyl halides is 1. The number of hydrogen-bond donors (Lipinski definition) is 0. The average Bonchev–Trinajstić information content (AvgIpc) is 3.28. The van der Waals surface area contributed by atoms with Crippen LogP contribution in [0.1, 0.15) is 28.6 Å². The van der Waals surface area contributed by atoms with Crippen molar-refractivity contribution in [2.75, 3.05) is 37.7 Å². The molecule has 0 unspecified atom stereocenters. The fourth-order valence-electron chi connectivity index (χ4n) is 3.51. The van der Waals surface area contributed by atoms with Crippen molar-refractivity contribution in [3.63, 3.8) is 0 Å². The van der Waals surface area contributed by atoms with E-state index in [4.69, 9.17) is 20.8 Å². The molecule has 0 N–H and O–H groups in total. The van der Waals surface area contributed by atoms with E-state index >= 15 is 0 Å². The first-order valence-electron chi connectivity index (χ1n) is 10.4. The predicted molar refractivity (Wildman–Crippen MR) is 119 cm³/mol. The molecule has 3 aromatic rings. The molecule has 0 spiro atoms. The number of piperazine rings is 1. The second-order valence-corrected chi connectivity index (χ2v) is 7.62. The first kappa shape index (κ1) is 21.3. The van der Waals surface area contributed by atoms with Gasteiger partial charge < -0.3 is 14.1 Å². The topological polar surface area (TPSA) is 71.7 Å².